The molecule has 2 aliphatic rings. The van der Waals surface area contributed by atoms with E-state index in [1.165, 1.54) is 12.8 Å². The third kappa shape index (κ3) is 1.33. The Morgan fingerprint density at radius 3 is 2.08 bits per heavy atom. The molecule has 2 rings (SSSR count). The van der Waals surface area contributed by atoms with Crippen molar-refractivity contribution in [2.24, 2.45) is 35.0 Å². The molecule has 4 unspecified atom stereocenters. The first-order valence-corrected chi connectivity index (χ1v) is 5.91. The van der Waals surface area contributed by atoms with Gasteiger partial charge in [0.15, 0.2) is 0 Å². The van der Waals surface area contributed by atoms with E-state index in [-0.39, 0.29) is 0 Å². The summed E-state index contributed by atoms with van der Waals surface area (Å²) in [5.41, 5.74) is 0.564. The molecular formula is C13H24. The third-order valence-electron chi connectivity index (χ3n) is 4.60. The van der Waals surface area contributed by atoms with Crippen molar-refractivity contribution < 1.29 is 0 Å². The van der Waals surface area contributed by atoms with E-state index in [1.807, 2.05) is 0 Å². The van der Waals surface area contributed by atoms with Crippen molar-refractivity contribution in [1.29, 1.82) is 0 Å². The zero-order chi connectivity index (χ0) is 9.80. The SMILES string of the molecule is CC(C)C1CC2CC(C(C)(C)C)C21. The maximum Gasteiger partial charge on any atom is -0.0321 e. The smallest absolute Gasteiger partial charge is 0.0321 e. The summed E-state index contributed by atoms with van der Waals surface area (Å²) in [6.45, 7) is 12.1. The molecule has 76 valence electrons. The molecule has 0 saturated heterocycles. The number of fused-ring (bicyclic) bond motifs is 1. The Balaban J connectivity index is 1.99. The molecule has 0 amide bonds. The van der Waals surface area contributed by atoms with Crippen LogP contribution in [0.15, 0.2) is 0 Å². The first-order valence-electron chi connectivity index (χ1n) is 5.91. The number of hydrogen-bond donors (Lipinski definition) is 0. The lowest BCUT2D eigenvalue weighted by atomic mass is 9.41. The normalized spacial score (nSPS) is 43.8. The molecule has 0 aromatic rings. The van der Waals surface area contributed by atoms with Gasteiger partial charge in [0.2, 0.25) is 0 Å². The second-order valence-corrected chi connectivity index (χ2v) is 6.69. The fourth-order valence-electron chi connectivity index (χ4n) is 3.63. The summed E-state index contributed by atoms with van der Waals surface area (Å²) in [5.74, 6) is 5.23. The topological polar surface area (TPSA) is 0 Å². The average molecular weight is 180 g/mol. The Morgan fingerprint density at radius 1 is 1.08 bits per heavy atom. The van der Waals surface area contributed by atoms with Gasteiger partial charge in [-0.05, 0) is 47.8 Å². The molecule has 0 nitrogen and oxygen atoms in total. The van der Waals surface area contributed by atoms with Crippen LogP contribution in [0.2, 0.25) is 0 Å². The maximum atomic E-state index is 2.42. The van der Waals surface area contributed by atoms with E-state index in [1.54, 1.807) is 0 Å². The molecule has 0 N–H and O–H groups in total. The third-order valence-corrected chi connectivity index (χ3v) is 4.60. The van der Waals surface area contributed by atoms with Crippen molar-refractivity contribution >= 4 is 0 Å². The second-order valence-electron chi connectivity index (χ2n) is 6.69. The zero-order valence-corrected chi connectivity index (χ0v) is 9.80. The first-order chi connectivity index (χ1) is 5.91. The fourth-order valence-corrected chi connectivity index (χ4v) is 3.63. The van der Waals surface area contributed by atoms with Gasteiger partial charge in [-0.1, -0.05) is 34.6 Å². The van der Waals surface area contributed by atoms with Crippen molar-refractivity contribution in [3.05, 3.63) is 0 Å². The quantitative estimate of drug-likeness (QED) is 0.573. The average Bonchev–Trinajstić information content (AvgIpc) is 1.90. The summed E-state index contributed by atoms with van der Waals surface area (Å²) in [4.78, 5) is 0. The Labute approximate surface area is 83.1 Å². The Hall–Kier alpha value is 0. The highest BCUT2D eigenvalue weighted by molar-refractivity contribution is 5.05. The summed E-state index contributed by atoms with van der Waals surface area (Å²) in [6.07, 6.45) is 3.06. The van der Waals surface area contributed by atoms with Gasteiger partial charge < -0.3 is 0 Å². The standard InChI is InChI=1S/C13H24/c1-8(2)10-6-9-7-11(12(9)10)13(3,4)5/h8-12H,6-7H2,1-5H3. The summed E-state index contributed by atoms with van der Waals surface area (Å²) in [7, 11) is 0. The first kappa shape index (κ1) is 9.55. The molecular weight excluding hydrogens is 156 g/mol. The van der Waals surface area contributed by atoms with E-state index in [2.05, 4.69) is 34.6 Å². The summed E-state index contributed by atoms with van der Waals surface area (Å²) >= 11 is 0. The van der Waals surface area contributed by atoms with E-state index in [9.17, 15) is 0 Å². The molecule has 0 aromatic carbocycles. The minimum Gasteiger partial charge on any atom is -0.0625 e. The van der Waals surface area contributed by atoms with Gasteiger partial charge in [-0.15, -0.1) is 0 Å². The molecule has 2 saturated carbocycles. The molecule has 0 spiro atoms. The van der Waals surface area contributed by atoms with Gasteiger partial charge in [0.05, 0.1) is 0 Å². The van der Waals surface area contributed by atoms with Crippen molar-refractivity contribution in [2.75, 3.05) is 0 Å². The fraction of sp³-hybridized carbons (Fsp3) is 1.00. The molecule has 13 heavy (non-hydrogen) atoms. The lowest BCUT2D eigenvalue weighted by Crippen LogP contribution is -2.57. The summed E-state index contributed by atoms with van der Waals surface area (Å²) in [5, 5.41) is 0. The van der Waals surface area contributed by atoms with E-state index in [0.717, 1.165) is 29.6 Å². The number of hydrogen-bond acceptors (Lipinski definition) is 0. The summed E-state index contributed by atoms with van der Waals surface area (Å²) < 4.78 is 0. The van der Waals surface area contributed by atoms with E-state index >= 15 is 0 Å². The highest BCUT2D eigenvalue weighted by Gasteiger charge is 2.57. The minimum atomic E-state index is 0.564. The monoisotopic (exact) mass is 180 g/mol. The molecule has 0 heteroatoms. The molecule has 0 heterocycles. The van der Waals surface area contributed by atoms with Crippen LogP contribution in [-0.4, -0.2) is 0 Å². The zero-order valence-electron chi connectivity index (χ0n) is 9.80. The van der Waals surface area contributed by atoms with Crippen molar-refractivity contribution in [2.45, 2.75) is 47.5 Å². The van der Waals surface area contributed by atoms with Gasteiger partial charge in [0.25, 0.3) is 0 Å². The molecule has 0 aromatic heterocycles. The highest BCUT2D eigenvalue weighted by Crippen LogP contribution is 2.64. The Kier molecular flexibility index (Phi) is 2.02. The maximum absolute atomic E-state index is 2.42. The highest BCUT2D eigenvalue weighted by atomic mass is 14.6. The van der Waals surface area contributed by atoms with Crippen LogP contribution in [0, 0.1) is 35.0 Å². The summed E-state index contributed by atoms with van der Waals surface area (Å²) in [6, 6.07) is 0. The molecule has 2 aliphatic carbocycles. The lowest BCUT2D eigenvalue weighted by Gasteiger charge is -2.63. The van der Waals surface area contributed by atoms with Crippen LogP contribution in [0.4, 0.5) is 0 Å². The minimum absolute atomic E-state index is 0.564. The van der Waals surface area contributed by atoms with Gasteiger partial charge in [0, 0.05) is 0 Å². The van der Waals surface area contributed by atoms with Crippen molar-refractivity contribution in [3.8, 4) is 0 Å². The van der Waals surface area contributed by atoms with Gasteiger partial charge in [-0.2, -0.15) is 0 Å². The Bertz CT molecular complexity index is 197. The molecule has 0 bridgehead atoms. The second kappa shape index (κ2) is 2.74. The Morgan fingerprint density at radius 2 is 1.69 bits per heavy atom. The van der Waals surface area contributed by atoms with Crippen molar-refractivity contribution in [1.82, 2.24) is 0 Å². The number of rotatable bonds is 1. The van der Waals surface area contributed by atoms with Crippen LogP contribution in [-0.2, 0) is 0 Å². The largest absolute Gasteiger partial charge is 0.0625 e. The molecule has 0 radical (unpaired) electrons. The van der Waals surface area contributed by atoms with Gasteiger partial charge >= 0.3 is 0 Å². The van der Waals surface area contributed by atoms with Crippen LogP contribution in [0.5, 0.6) is 0 Å². The van der Waals surface area contributed by atoms with Gasteiger partial charge in [-0.3, -0.25) is 0 Å². The van der Waals surface area contributed by atoms with Gasteiger partial charge in [0.1, 0.15) is 0 Å². The van der Waals surface area contributed by atoms with E-state index in [4.69, 9.17) is 0 Å². The van der Waals surface area contributed by atoms with Crippen molar-refractivity contribution in [3.63, 3.8) is 0 Å². The van der Waals surface area contributed by atoms with Gasteiger partial charge in [-0.25, -0.2) is 0 Å². The van der Waals surface area contributed by atoms with E-state index in [0.29, 0.717) is 5.41 Å². The molecule has 0 aliphatic heterocycles. The lowest BCUT2D eigenvalue weighted by molar-refractivity contribution is -0.148. The van der Waals surface area contributed by atoms with Crippen LogP contribution in [0.3, 0.4) is 0 Å². The van der Waals surface area contributed by atoms with E-state index < -0.39 is 0 Å². The predicted octanol–water partition coefficient (Wildman–Crippen LogP) is 3.96. The van der Waals surface area contributed by atoms with Crippen LogP contribution >= 0.6 is 0 Å². The molecule has 2 fully saturated rings. The van der Waals surface area contributed by atoms with Crippen LogP contribution < -0.4 is 0 Å². The van der Waals surface area contributed by atoms with Crippen LogP contribution in [0.1, 0.15) is 47.5 Å². The predicted molar refractivity (Wildman–Crippen MR) is 57.5 cm³/mol. The van der Waals surface area contributed by atoms with Crippen LogP contribution in [0.25, 0.3) is 0 Å². The molecule has 4 atom stereocenters.